The molecule has 12 heteroatoms. The van der Waals surface area contributed by atoms with Crippen LogP contribution in [0.1, 0.15) is 51.9 Å². The van der Waals surface area contributed by atoms with Crippen LogP contribution in [-0.4, -0.2) is 53.3 Å². The van der Waals surface area contributed by atoms with E-state index in [9.17, 15) is 18.9 Å². The van der Waals surface area contributed by atoms with Crippen molar-refractivity contribution in [3.8, 4) is 0 Å². The summed E-state index contributed by atoms with van der Waals surface area (Å²) in [5, 5.41) is 0.610. The van der Waals surface area contributed by atoms with Gasteiger partial charge in [0.15, 0.2) is 0 Å². The normalized spacial score (nSPS) is 11.4. The maximum Gasteiger partial charge on any atom is 0.459 e. The molecule has 0 spiro atoms. The third-order valence-corrected chi connectivity index (χ3v) is 5.53. The molecule has 10 nitrogen and oxygen atoms in total. The highest BCUT2D eigenvalue weighted by atomic mass is 35.5. The van der Waals surface area contributed by atoms with Crippen LogP contribution in [0.5, 0.6) is 0 Å². The first-order valence-corrected chi connectivity index (χ1v) is 11.5. The average Bonchev–Trinajstić information content (AvgIpc) is 2.65. The van der Waals surface area contributed by atoms with Crippen molar-refractivity contribution in [3.63, 3.8) is 0 Å². The first-order chi connectivity index (χ1) is 14.5. The van der Waals surface area contributed by atoms with E-state index in [1.54, 1.807) is 27.7 Å². The van der Waals surface area contributed by atoms with Gasteiger partial charge >= 0.3 is 19.9 Å². The van der Waals surface area contributed by atoms with E-state index in [-0.39, 0.29) is 28.6 Å². The quantitative estimate of drug-likeness (QED) is 0.367. The third kappa shape index (κ3) is 7.50. The number of carbonyl (C=O) groups is 3. The van der Waals surface area contributed by atoms with Gasteiger partial charge < -0.3 is 9.47 Å². The number of ether oxygens (including phenoxy) is 2. The van der Waals surface area contributed by atoms with Crippen molar-refractivity contribution in [1.29, 1.82) is 0 Å². The van der Waals surface area contributed by atoms with Crippen molar-refractivity contribution in [3.05, 3.63) is 34.9 Å². The molecule has 0 aliphatic carbocycles. The Morgan fingerprint density at radius 3 is 1.77 bits per heavy atom. The number of halogens is 1. The Kier molecular flexibility index (Phi) is 10.5. The fraction of sp³-hybridized carbons (Fsp3) is 0.526. The Balaban J connectivity index is 3.66. The first kappa shape index (κ1) is 26.9. The molecule has 3 amide bonds. The third-order valence-electron chi connectivity index (χ3n) is 3.30. The maximum absolute atomic E-state index is 13.5. The molecule has 0 N–H and O–H groups in total. The van der Waals surface area contributed by atoms with E-state index in [1.807, 2.05) is 0 Å². The molecular formula is C19H28ClN2O8P. The predicted octanol–water partition coefficient (Wildman–Crippen LogP) is 5.27. The van der Waals surface area contributed by atoms with E-state index in [4.69, 9.17) is 30.1 Å². The van der Waals surface area contributed by atoms with E-state index in [2.05, 4.69) is 0 Å². The number of benzene rings is 1. The lowest BCUT2D eigenvalue weighted by molar-refractivity contribution is -0.00782. The Morgan fingerprint density at radius 1 is 0.903 bits per heavy atom. The molecule has 0 saturated heterocycles. The Morgan fingerprint density at radius 2 is 1.35 bits per heavy atom. The highest BCUT2D eigenvalue weighted by Gasteiger charge is 2.49. The summed E-state index contributed by atoms with van der Waals surface area (Å²) in [6.07, 6.45) is -3.88. The highest BCUT2D eigenvalue weighted by molar-refractivity contribution is 7.52. The van der Waals surface area contributed by atoms with Gasteiger partial charge in [-0.25, -0.2) is 14.2 Å². The summed E-state index contributed by atoms with van der Waals surface area (Å²) in [5.41, 5.74) is -0.0352. The molecular weight excluding hydrogens is 451 g/mol. The van der Waals surface area contributed by atoms with Gasteiger partial charge in [-0.1, -0.05) is 11.6 Å². The molecule has 1 rings (SSSR count). The Bertz CT molecular complexity index is 806. The molecule has 1 aromatic carbocycles. The van der Waals surface area contributed by atoms with E-state index in [0.29, 0.717) is 5.02 Å². The second kappa shape index (κ2) is 12.0. The van der Waals surface area contributed by atoms with Gasteiger partial charge in [0.25, 0.3) is 5.91 Å². The fourth-order valence-corrected chi connectivity index (χ4v) is 3.92. The second-order valence-corrected chi connectivity index (χ2v) is 8.85. The van der Waals surface area contributed by atoms with E-state index in [0.717, 1.165) is 0 Å². The molecule has 0 heterocycles. The summed E-state index contributed by atoms with van der Waals surface area (Å²) < 4.78 is 34.4. The molecule has 0 aromatic heterocycles. The summed E-state index contributed by atoms with van der Waals surface area (Å²) >= 11 is 5.87. The average molecular weight is 479 g/mol. The number of hydrogen-bond donors (Lipinski definition) is 0. The van der Waals surface area contributed by atoms with E-state index >= 15 is 0 Å². The predicted molar refractivity (Wildman–Crippen MR) is 114 cm³/mol. The monoisotopic (exact) mass is 478 g/mol. The van der Waals surface area contributed by atoms with Crippen molar-refractivity contribution >= 4 is 37.4 Å². The van der Waals surface area contributed by atoms with Crippen LogP contribution in [0, 0.1) is 0 Å². The first-order valence-electron chi connectivity index (χ1n) is 9.67. The van der Waals surface area contributed by atoms with Crippen molar-refractivity contribution in [1.82, 2.24) is 9.79 Å². The van der Waals surface area contributed by atoms with Crippen molar-refractivity contribution in [2.24, 2.45) is 0 Å². The van der Waals surface area contributed by atoms with Crippen LogP contribution in [0.15, 0.2) is 24.3 Å². The minimum Gasteiger partial charge on any atom is -0.445 e. The maximum atomic E-state index is 13.5. The summed E-state index contributed by atoms with van der Waals surface area (Å²) in [5.74, 6) is -1.03. The molecule has 1 aromatic rings. The standard InChI is InChI=1S/C19H28ClN2O8P/c1-7-27-31(26,28-8-2)22(19(25)30-14(5)6)21(18(24)29-13(3)4)17(23)15-9-11-16(20)12-10-15/h9-14H,7-8H2,1-6H3. The van der Waals surface area contributed by atoms with E-state index in [1.165, 1.54) is 38.1 Å². The molecule has 31 heavy (non-hydrogen) atoms. The van der Waals surface area contributed by atoms with Crippen molar-refractivity contribution in [2.45, 2.75) is 53.8 Å². The zero-order valence-corrected chi connectivity index (χ0v) is 20.0. The minimum absolute atomic E-state index is 0.0352. The largest absolute Gasteiger partial charge is 0.459 e. The Hall–Kier alpha value is -2.13. The molecule has 0 aliphatic rings. The van der Waals surface area contributed by atoms with Gasteiger partial charge in [-0.2, -0.15) is 0 Å². The summed E-state index contributed by atoms with van der Waals surface area (Å²) in [6.45, 7) is 8.90. The van der Waals surface area contributed by atoms with Crippen LogP contribution >= 0.6 is 19.3 Å². The molecule has 0 atom stereocenters. The minimum atomic E-state index is -4.54. The Labute approximate surface area is 186 Å². The van der Waals surface area contributed by atoms with Crippen LogP contribution in [-0.2, 0) is 23.1 Å². The number of imide groups is 1. The van der Waals surface area contributed by atoms with Crippen LogP contribution in [0.4, 0.5) is 9.59 Å². The molecule has 0 fully saturated rings. The number of amides is 3. The summed E-state index contributed by atoms with van der Waals surface area (Å²) in [7, 11) is -4.54. The molecule has 0 aliphatic heterocycles. The summed E-state index contributed by atoms with van der Waals surface area (Å²) in [6, 6.07) is 5.50. The molecule has 0 unspecified atom stereocenters. The van der Waals surface area contributed by atoms with Crippen LogP contribution in [0.25, 0.3) is 0 Å². The lowest BCUT2D eigenvalue weighted by Crippen LogP contribution is -2.52. The zero-order valence-electron chi connectivity index (χ0n) is 18.4. The van der Waals surface area contributed by atoms with Gasteiger partial charge in [0.1, 0.15) is 0 Å². The number of hydrogen-bond acceptors (Lipinski definition) is 8. The SMILES string of the molecule is CCOP(=O)(OCC)N(C(=O)OC(C)C)N(C(=O)OC(C)C)C(=O)c1ccc(Cl)cc1. The lowest BCUT2D eigenvalue weighted by atomic mass is 10.2. The van der Waals surface area contributed by atoms with Gasteiger partial charge in [0.05, 0.1) is 25.4 Å². The lowest BCUT2D eigenvalue weighted by Gasteiger charge is -2.35. The smallest absolute Gasteiger partial charge is 0.445 e. The van der Waals surface area contributed by atoms with E-state index < -0.39 is 38.0 Å². The van der Waals surface area contributed by atoms with Gasteiger partial charge in [-0.05, 0) is 65.8 Å². The summed E-state index contributed by atoms with van der Waals surface area (Å²) in [4.78, 5) is 39.1. The number of hydrazine groups is 1. The topological polar surface area (TPSA) is 112 Å². The highest BCUT2D eigenvalue weighted by Crippen LogP contribution is 2.53. The zero-order chi connectivity index (χ0) is 23.8. The van der Waals surface area contributed by atoms with Crippen LogP contribution in [0.2, 0.25) is 5.02 Å². The van der Waals surface area contributed by atoms with Gasteiger partial charge in [0, 0.05) is 10.6 Å². The van der Waals surface area contributed by atoms with Gasteiger partial charge in [0.2, 0.25) is 0 Å². The van der Waals surface area contributed by atoms with Crippen molar-refractivity contribution in [2.75, 3.05) is 13.2 Å². The number of nitrogens with zero attached hydrogens (tertiary/aromatic N) is 2. The van der Waals surface area contributed by atoms with Gasteiger partial charge in [-0.3, -0.25) is 13.8 Å². The molecule has 174 valence electrons. The van der Waals surface area contributed by atoms with Crippen molar-refractivity contribution < 1.29 is 37.5 Å². The number of carbonyl (C=O) groups excluding carboxylic acids is 3. The number of rotatable bonds is 8. The molecule has 0 radical (unpaired) electrons. The van der Waals surface area contributed by atoms with Crippen LogP contribution in [0.3, 0.4) is 0 Å². The molecule has 0 bridgehead atoms. The van der Waals surface area contributed by atoms with Gasteiger partial charge in [-0.15, -0.1) is 9.79 Å². The second-order valence-electron chi connectivity index (χ2n) is 6.58. The molecule has 0 saturated carbocycles. The van der Waals surface area contributed by atoms with Crippen LogP contribution < -0.4 is 0 Å². The fourth-order valence-electron chi connectivity index (χ4n) is 2.23.